The molecule has 17 heavy (non-hydrogen) atoms. The molecule has 0 fully saturated rings. The average molecular weight is 237 g/mol. The topological polar surface area (TPSA) is 58.6 Å². The summed E-state index contributed by atoms with van der Waals surface area (Å²) >= 11 is 0. The molecule has 0 spiro atoms. The number of rotatable bonds is 7. The molecule has 1 unspecified atom stereocenters. The van der Waals surface area contributed by atoms with Crippen LogP contribution in [0.25, 0.3) is 0 Å². The number of ether oxygens (including phenoxy) is 1. The first-order valence-electron chi connectivity index (χ1n) is 5.81. The normalized spacial score (nSPS) is 12.1. The second-order valence-electron chi connectivity index (χ2n) is 3.87. The van der Waals surface area contributed by atoms with Crippen molar-refractivity contribution in [2.24, 2.45) is 0 Å². The van der Waals surface area contributed by atoms with Crippen LogP contribution in [-0.2, 0) is 11.3 Å². The lowest BCUT2D eigenvalue weighted by Crippen LogP contribution is -2.27. The monoisotopic (exact) mass is 237 g/mol. The molecule has 1 aromatic rings. The van der Waals surface area contributed by atoms with Crippen molar-refractivity contribution in [2.45, 2.75) is 32.4 Å². The largest absolute Gasteiger partial charge is 0.479 e. The Balaban J connectivity index is 2.80. The molecule has 0 saturated carbocycles. The van der Waals surface area contributed by atoms with Gasteiger partial charge >= 0.3 is 5.97 Å². The van der Waals surface area contributed by atoms with E-state index in [-0.39, 0.29) is 0 Å². The van der Waals surface area contributed by atoms with Gasteiger partial charge in [-0.15, -0.1) is 0 Å². The number of aliphatic carboxylic acids is 1. The maximum Gasteiger partial charge on any atom is 0.344 e. The number of carbonyl (C=O) groups is 1. The predicted molar refractivity (Wildman–Crippen MR) is 66.2 cm³/mol. The molecule has 1 atom stereocenters. The van der Waals surface area contributed by atoms with E-state index in [4.69, 9.17) is 9.84 Å². The predicted octanol–water partition coefficient (Wildman–Crippen LogP) is 2.04. The van der Waals surface area contributed by atoms with Gasteiger partial charge in [0.1, 0.15) is 5.75 Å². The molecule has 0 aromatic heterocycles. The van der Waals surface area contributed by atoms with Crippen molar-refractivity contribution in [3.05, 3.63) is 29.8 Å². The van der Waals surface area contributed by atoms with E-state index in [1.807, 2.05) is 32.2 Å². The van der Waals surface area contributed by atoms with E-state index < -0.39 is 12.1 Å². The van der Waals surface area contributed by atoms with Crippen LogP contribution in [-0.4, -0.2) is 24.2 Å². The van der Waals surface area contributed by atoms with E-state index >= 15 is 0 Å². The lowest BCUT2D eigenvalue weighted by molar-refractivity contribution is -0.145. The van der Waals surface area contributed by atoms with Gasteiger partial charge in [-0.2, -0.15) is 0 Å². The van der Waals surface area contributed by atoms with Crippen LogP contribution in [0.2, 0.25) is 0 Å². The molecule has 0 radical (unpaired) electrons. The standard InChI is InChI=1S/C13H19NO3/c1-3-6-12(13(15)16)17-11-8-5-4-7-10(11)9-14-2/h4-5,7-8,12,14H,3,6,9H2,1-2H3,(H,15,16). The maximum absolute atomic E-state index is 11.0. The van der Waals surface area contributed by atoms with Gasteiger partial charge in [0.2, 0.25) is 0 Å². The van der Waals surface area contributed by atoms with Gasteiger partial charge in [0.25, 0.3) is 0 Å². The van der Waals surface area contributed by atoms with Crippen LogP contribution in [0.3, 0.4) is 0 Å². The van der Waals surface area contributed by atoms with E-state index in [0.717, 1.165) is 12.0 Å². The van der Waals surface area contributed by atoms with Crippen LogP contribution in [0.5, 0.6) is 5.75 Å². The Morgan fingerprint density at radius 1 is 1.47 bits per heavy atom. The zero-order chi connectivity index (χ0) is 12.7. The molecule has 0 heterocycles. The van der Waals surface area contributed by atoms with Gasteiger partial charge in [0.15, 0.2) is 6.10 Å². The second-order valence-corrected chi connectivity index (χ2v) is 3.87. The summed E-state index contributed by atoms with van der Waals surface area (Å²) in [6, 6.07) is 7.49. The van der Waals surface area contributed by atoms with Crippen LogP contribution >= 0.6 is 0 Å². The molecular weight excluding hydrogens is 218 g/mol. The average Bonchev–Trinajstić information content (AvgIpc) is 2.31. The molecular formula is C13H19NO3. The number of hydrogen-bond acceptors (Lipinski definition) is 3. The number of carboxylic acids is 1. The summed E-state index contributed by atoms with van der Waals surface area (Å²) in [5.41, 5.74) is 0.970. The number of hydrogen-bond donors (Lipinski definition) is 2. The fourth-order valence-electron chi connectivity index (χ4n) is 1.60. The summed E-state index contributed by atoms with van der Waals surface area (Å²) in [5.74, 6) is -0.270. The van der Waals surface area contributed by atoms with Gasteiger partial charge < -0.3 is 15.2 Å². The third-order valence-corrected chi connectivity index (χ3v) is 2.44. The molecule has 0 amide bonds. The SMILES string of the molecule is CCCC(Oc1ccccc1CNC)C(=O)O. The molecule has 0 bridgehead atoms. The van der Waals surface area contributed by atoms with Gasteiger partial charge in [-0.1, -0.05) is 31.5 Å². The van der Waals surface area contributed by atoms with E-state index in [1.165, 1.54) is 0 Å². The highest BCUT2D eigenvalue weighted by Crippen LogP contribution is 2.20. The number of carboxylic acid groups (broad SMARTS) is 1. The summed E-state index contributed by atoms with van der Waals surface area (Å²) in [5, 5.41) is 12.1. The summed E-state index contributed by atoms with van der Waals surface area (Å²) in [4.78, 5) is 11.0. The van der Waals surface area contributed by atoms with Crippen LogP contribution in [0.1, 0.15) is 25.3 Å². The Hall–Kier alpha value is -1.55. The number of para-hydroxylation sites is 1. The second kappa shape index (κ2) is 6.91. The third-order valence-electron chi connectivity index (χ3n) is 2.44. The summed E-state index contributed by atoms with van der Waals surface area (Å²) in [6.07, 6.45) is 0.534. The Kier molecular flexibility index (Phi) is 5.49. The minimum absolute atomic E-state index is 0.517. The number of benzene rings is 1. The number of nitrogens with one attached hydrogen (secondary N) is 1. The smallest absolute Gasteiger partial charge is 0.344 e. The summed E-state index contributed by atoms with van der Waals surface area (Å²) < 4.78 is 5.56. The van der Waals surface area contributed by atoms with Crippen molar-refractivity contribution in [2.75, 3.05) is 7.05 Å². The molecule has 94 valence electrons. The molecule has 4 nitrogen and oxygen atoms in total. The van der Waals surface area contributed by atoms with Crippen molar-refractivity contribution in [1.29, 1.82) is 0 Å². The van der Waals surface area contributed by atoms with Gasteiger partial charge in [0, 0.05) is 12.1 Å². The lowest BCUT2D eigenvalue weighted by Gasteiger charge is -2.17. The first-order valence-corrected chi connectivity index (χ1v) is 5.81. The molecule has 2 N–H and O–H groups in total. The van der Waals surface area contributed by atoms with Gasteiger partial charge in [0.05, 0.1) is 0 Å². The minimum atomic E-state index is -0.911. The Labute approximate surface area is 102 Å². The van der Waals surface area contributed by atoms with Gasteiger partial charge in [-0.05, 0) is 19.5 Å². The molecule has 4 heteroatoms. The fraction of sp³-hybridized carbons (Fsp3) is 0.462. The zero-order valence-corrected chi connectivity index (χ0v) is 10.3. The van der Waals surface area contributed by atoms with Crippen LogP contribution in [0.4, 0.5) is 0 Å². The van der Waals surface area contributed by atoms with Crippen LogP contribution in [0.15, 0.2) is 24.3 Å². The molecule has 0 aliphatic heterocycles. The van der Waals surface area contributed by atoms with Crippen molar-refractivity contribution < 1.29 is 14.6 Å². The Bertz CT molecular complexity index is 365. The van der Waals surface area contributed by atoms with Crippen LogP contribution in [0, 0.1) is 0 Å². The molecule has 1 aromatic carbocycles. The van der Waals surface area contributed by atoms with Crippen molar-refractivity contribution >= 4 is 5.97 Å². The van der Waals surface area contributed by atoms with E-state index in [0.29, 0.717) is 18.7 Å². The first kappa shape index (κ1) is 13.5. The molecule has 0 saturated heterocycles. The molecule has 0 aliphatic rings. The van der Waals surface area contributed by atoms with Crippen molar-refractivity contribution in [1.82, 2.24) is 5.32 Å². The fourth-order valence-corrected chi connectivity index (χ4v) is 1.60. The highest BCUT2D eigenvalue weighted by molar-refractivity contribution is 5.72. The Morgan fingerprint density at radius 2 is 2.18 bits per heavy atom. The third kappa shape index (κ3) is 4.07. The Morgan fingerprint density at radius 3 is 2.76 bits per heavy atom. The minimum Gasteiger partial charge on any atom is -0.479 e. The molecule has 1 rings (SSSR count). The van der Waals surface area contributed by atoms with Crippen molar-refractivity contribution in [3.63, 3.8) is 0 Å². The molecule has 0 aliphatic carbocycles. The van der Waals surface area contributed by atoms with Crippen molar-refractivity contribution in [3.8, 4) is 5.75 Å². The van der Waals surface area contributed by atoms with Crippen LogP contribution < -0.4 is 10.1 Å². The first-order chi connectivity index (χ1) is 8.19. The highest BCUT2D eigenvalue weighted by atomic mass is 16.5. The lowest BCUT2D eigenvalue weighted by atomic mass is 10.1. The summed E-state index contributed by atoms with van der Waals surface area (Å²) in [6.45, 7) is 2.60. The quantitative estimate of drug-likeness (QED) is 0.762. The maximum atomic E-state index is 11.0. The van der Waals surface area contributed by atoms with E-state index in [2.05, 4.69) is 5.32 Å². The van der Waals surface area contributed by atoms with E-state index in [9.17, 15) is 4.79 Å². The summed E-state index contributed by atoms with van der Waals surface area (Å²) in [7, 11) is 1.84. The highest BCUT2D eigenvalue weighted by Gasteiger charge is 2.19. The van der Waals surface area contributed by atoms with Gasteiger partial charge in [-0.3, -0.25) is 0 Å². The van der Waals surface area contributed by atoms with E-state index in [1.54, 1.807) is 6.07 Å². The zero-order valence-electron chi connectivity index (χ0n) is 10.3. The van der Waals surface area contributed by atoms with Gasteiger partial charge in [-0.25, -0.2) is 4.79 Å².